The van der Waals surface area contributed by atoms with Crippen LogP contribution in [-0.4, -0.2) is 23.5 Å². The predicted octanol–water partition coefficient (Wildman–Crippen LogP) is 4.79. The number of anilines is 2. The van der Waals surface area contributed by atoms with Gasteiger partial charge in [0.2, 0.25) is 5.91 Å². The van der Waals surface area contributed by atoms with E-state index in [9.17, 15) is 14.9 Å². The second-order valence-corrected chi connectivity index (χ2v) is 7.12. The predicted molar refractivity (Wildman–Crippen MR) is 121 cm³/mol. The summed E-state index contributed by atoms with van der Waals surface area (Å²) < 4.78 is 5.77. The van der Waals surface area contributed by atoms with E-state index >= 15 is 0 Å². The Morgan fingerprint density at radius 2 is 1.71 bits per heavy atom. The van der Waals surface area contributed by atoms with Gasteiger partial charge < -0.3 is 15.4 Å². The average molecular weight is 419 g/mol. The van der Waals surface area contributed by atoms with Crippen LogP contribution in [0.25, 0.3) is 0 Å². The van der Waals surface area contributed by atoms with Crippen molar-refractivity contribution in [1.82, 2.24) is 0 Å². The summed E-state index contributed by atoms with van der Waals surface area (Å²) in [4.78, 5) is 23.1. The van der Waals surface area contributed by atoms with Gasteiger partial charge in [-0.2, -0.15) is 0 Å². The van der Waals surface area contributed by atoms with Crippen molar-refractivity contribution in [3.8, 4) is 0 Å². The van der Waals surface area contributed by atoms with Gasteiger partial charge in [0.1, 0.15) is 11.7 Å². The van der Waals surface area contributed by atoms with Crippen molar-refractivity contribution in [2.75, 3.05) is 17.2 Å². The molecule has 0 aromatic heterocycles. The van der Waals surface area contributed by atoms with Gasteiger partial charge in [-0.05, 0) is 42.7 Å². The molecule has 3 rings (SSSR count). The summed E-state index contributed by atoms with van der Waals surface area (Å²) in [6.07, 6.45) is 0.849. The molecule has 0 spiro atoms. The molecule has 0 radical (unpaired) electrons. The number of nitrogens with one attached hydrogen (secondary N) is 2. The summed E-state index contributed by atoms with van der Waals surface area (Å²) in [5.41, 5.74) is 3.03. The maximum absolute atomic E-state index is 12.5. The van der Waals surface area contributed by atoms with Crippen molar-refractivity contribution in [3.63, 3.8) is 0 Å². The van der Waals surface area contributed by atoms with E-state index in [1.165, 1.54) is 17.7 Å². The molecule has 3 aromatic rings. The van der Waals surface area contributed by atoms with E-state index in [2.05, 4.69) is 22.8 Å². The minimum Gasteiger partial charge on any atom is -0.376 e. The lowest BCUT2D eigenvalue weighted by atomic mass is 10.1. The first-order valence-electron chi connectivity index (χ1n) is 10.0. The van der Waals surface area contributed by atoms with Gasteiger partial charge in [-0.3, -0.25) is 14.9 Å². The molecule has 160 valence electrons. The van der Waals surface area contributed by atoms with E-state index in [1.54, 1.807) is 19.1 Å². The monoisotopic (exact) mass is 419 g/mol. The number of hydrogen-bond acceptors (Lipinski definition) is 5. The molecule has 3 aromatic carbocycles. The maximum Gasteiger partial charge on any atom is 0.292 e. The average Bonchev–Trinajstić information content (AvgIpc) is 2.78. The third kappa shape index (κ3) is 6.65. The van der Waals surface area contributed by atoms with E-state index in [0.717, 1.165) is 17.7 Å². The standard InChI is InChI=1S/C24H25N3O4/c1-18(24(28)26-22-12-5-6-13-23(22)27(29)30)25-21-11-7-10-20(16-21)17-31-15-14-19-8-3-2-4-9-19/h2-13,16,18,25H,14-15,17H2,1H3,(H,26,28). The molecule has 1 unspecified atom stereocenters. The fourth-order valence-electron chi connectivity index (χ4n) is 3.07. The molecule has 0 fully saturated rings. The summed E-state index contributed by atoms with van der Waals surface area (Å²) in [5, 5.41) is 16.9. The molecule has 0 heterocycles. The number of nitro groups is 1. The molecule has 0 saturated heterocycles. The van der Waals surface area contributed by atoms with Crippen molar-refractivity contribution in [1.29, 1.82) is 0 Å². The normalized spacial score (nSPS) is 11.5. The summed E-state index contributed by atoms with van der Waals surface area (Å²) in [6.45, 7) is 2.79. The highest BCUT2D eigenvalue weighted by molar-refractivity contribution is 5.97. The van der Waals surface area contributed by atoms with Crippen LogP contribution in [0.5, 0.6) is 0 Å². The van der Waals surface area contributed by atoms with Crippen LogP contribution in [-0.2, 0) is 22.6 Å². The van der Waals surface area contributed by atoms with E-state index in [1.807, 2.05) is 42.5 Å². The van der Waals surface area contributed by atoms with E-state index in [4.69, 9.17) is 4.74 Å². The number of ether oxygens (including phenoxy) is 1. The van der Waals surface area contributed by atoms with Gasteiger partial charge in [0.05, 0.1) is 18.1 Å². The Kier molecular flexibility index (Phi) is 7.73. The lowest BCUT2D eigenvalue weighted by Gasteiger charge is -2.16. The van der Waals surface area contributed by atoms with Crippen molar-refractivity contribution in [2.24, 2.45) is 0 Å². The summed E-state index contributed by atoms with van der Waals surface area (Å²) >= 11 is 0. The highest BCUT2D eigenvalue weighted by atomic mass is 16.6. The van der Waals surface area contributed by atoms with Crippen LogP contribution in [0.4, 0.5) is 17.1 Å². The molecule has 0 aliphatic heterocycles. The molecular formula is C24H25N3O4. The number of carbonyl (C=O) groups is 1. The van der Waals surface area contributed by atoms with Gasteiger partial charge in [-0.1, -0.05) is 54.6 Å². The Morgan fingerprint density at radius 3 is 2.48 bits per heavy atom. The smallest absolute Gasteiger partial charge is 0.292 e. The SMILES string of the molecule is CC(Nc1cccc(COCCc2ccccc2)c1)C(=O)Nc1ccccc1[N+](=O)[O-]. The fourth-order valence-corrected chi connectivity index (χ4v) is 3.07. The molecular weight excluding hydrogens is 394 g/mol. The zero-order valence-electron chi connectivity index (χ0n) is 17.3. The third-order valence-electron chi connectivity index (χ3n) is 4.71. The van der Waals surface area contributed by atoms with Crippen LogP contribution in [0.3, 0.4) is 0 Å². The number of nitro benzene ring substituents is 1. The second-order valence-electron chi connectivity index (χ2n) is 7.12. The number of para-hydroxylation sites is 2. The van der Waals surface area contributed by atoms with Gasteiger partial charge in [0.15, 0.2) is 0 Å². The minimum absolute atomic E-state index is 0.141. The van der Waals surface area contributed by atoms with Gasteiger partial charge in [-0.15, -0.1) is 0 Å². The molecule has 7 nitrogen and oxygen atoms in total. The molecule has 31 heavy (non-hydrogen) atoms. The summed E-state index contributed by atoms with van der Waals surface area (Å²) in [7, 11) is 0. The first-order chi connectivity index (χ1) is 15.0. The zero-order valence-corrected chi connectivity index (χ0v) is 17.3. The lowest BCUT2D eigenvalue weighted by Crippen LogP contribution is -2.32. The molecule has 1 atom stereocenters. The lowest BCUT2D eigenvalue weighted by molar-refractivity contribution is -0.383. The number of amides is 1. The van der Waals surface area contributed by atoms with Crippen LogP contribution in [0.15, 0.2) is 78.9 Å². The number of benzene rings is 3. The highest BCUT2D eigenvalue weighted by Gasteiger charge is 2.18. The molecule has 0 aliphatic rings. The second kappa shape index (κ2) is 10.9. The van der Waals surface area contributed by atoms with Crippen molar-refractivity contribution in [2.45, 2.75) is 26.0 Å². The van der Waals surface area contributed by atoms with Crippen LogP contribution in [0.1, 0.15) is 18.1 Å². The molecule has 7 heteroatoms. The van der Waals surface area contributed by atoms with Crippen LogP contribution >= 0.6 is 0 Å². The Morgan fingerprint density at radius 1 is 1.00 bits per heavy atom. The zero-order chi connectivity index (χ0) is 22.1. The Labute approximate surface area is 181 Å². The largest absolute Gasteiger partial charge is 0.376 e. The van der Waals surface area contributed by atoms with Crippen molar-refractivity contribution >= 4 is 23.0 Å². The molecule has 0 aliphatic carbocycles. The van der Waals surface area contributed by atoms with Crippen molar-refractivity contribution in [3.05, 3.63) is 100 Å². The molecule has 0 bridgehead atoms. The molecule has 2 N–H and O–H groups in total. The maximum atomic E-state index is 12.5. The van der Waals surface area contributed by atoms with Gasteiger partial charge in [0, 0.05) is 11.8 Å². The fraction of sp³-hybridized carbons (Fsp3) is 0.208. The van der Waals surface area contributed by atoms with Gasteiger partial charge in [0.25, 0.3) is 5.69 Å². The van der Waals surface area contributed by atoms with Crippen LogP contribution in [0.2, 0.25) is 0 Å². The van der Waals surface area contributed by atoms with Crippen LogP contribution in [0, 0.1) is 10.1 Å². The van der Waals surface area contributed by atoms with Gasteiger partial charge >= 0.3 is 0 Å². The number of rotatable bonds is 10. The number of nitrogens with zero attached hydrogens (tertiary/aromatic N) is 1. The number of carbonyl (C=O) groups excluding carboxylic acids is 1. The molecule has 1 amide bonds. The van der Waals surface area contributed by atoms with Gasteiger partial charge in [-0.25, -0.2) is 0 Å². The Balaban J connectivity index is 1.51. The highest BCUT2D eigenvalue weighted by Crippen LogP contribution is 2.23. The van der Waals surface area contributed by atoms with E-state index < -0.39 is 11.0 Å². The quantitative estimate of drug-likeness (QED) is 0.280. The first-order valence-corrected chi connectivity index (χ1v) is 10.0. The van der Waals surface area contributed by atoms with E-state index in [0.29, 0.717) is 13.2 Å². The van der Waals surface area contributed by atoms with E-state index in [-0.39, 0.29) is 17.3 Å². The Hall–Kier alpha value is -3.71. The number of hydrogen-bond donors (Lipinski definition) is 2. The summed E-state index contributed by atoms with van der Waals surface area (Å²) in [5.74, 6) is -0.362. The minimum atomic E-state index is -0.589. The first kappa shape index (κ1) is 22.0. The van der Waals surface area contributed by atoms with Crippen LogP contribution < -0.4 is 10.6 Å². The molecule has 0 saturated carbocycles. The van der Waals surface area contributed by atoms with Crippen molar-refractivity contribution < 1.29 is 14.5 Å². The third-order valence-corrected chi connectivity index (χ3v) is 4.71. The Bertz CT molecular complexity index is 1020. The topological polar surface area (TPSA) is 93.5 Å². The summed E-state index contributed by atoms with van der Waals surface area (Å²) in [6, 6.07) is 23.3.